The van der Waals surface area contributed by atoms with Gasteiger partial charge in [0.15, 0.2) is 0 Å². The van der Waals surface area contributed by atoms with Crippen LogP contribution in [0.15, 0.2) is 42.5 Å². The number of ether oxygens (including phenoxy) is 1. The minimum Gasteiger partial charge on any atom is -0.497 e. The second kappa shape index (κ2) is 5.63. The summed E-state index contributed by atoms with van der Waals surface area (Å²) in [6, 6.07) is 11.8. The third-order valence-corrected chi connectivity index (χ3v) is 2.84. The Kier molecular flexibility index (Phi) is 3.92. The van der Waals surface area contributed by atoms with Gasteiger partial charge in [-0.25, -0.2) is 0 Å². The fourth-order valence-electron chi connectivity index (χ4n) is 1.61. The number of nitrogens with two attached hydrogens (primary N) is 1. The van der Waals surface area contributed by atoms with Gasteiger partial charge in [-0.3, -0.25) is 4.79 Å². The molecule has 19 heavy (non-hydrogen) atoms. The van der Waals surface area contributed by atoms with Crippen molar-refractivity contribution in [3.63, 3.8) is 0 Å². The minimum atomic E-state index is -0.278. The Hall–Kier alpha value is -2.20. The summed E-state index contributed by atoms with van der Waals surface area (Å²) in [6.45, 7) is 0. The summed E-state index contributed by atoms with van der Waals surface area (Å²) in [5, 5.41) is 3.25. The third kappa shape index (κ3) is 3.17. The molecule has 0 radical (unpaired) electrons. The van der Waals surface area contributed by atoms with Crippen LogP contribution in [0.25, 0.3) is 0 Å². The Morgan fingerprint density at radius 2 is 1.89 bits per heavy atom. The Bertz CT molecular complexity index is 597. The SMILES string of the molecule is COc1ccc(NC(=O)c2ccc(Cl)cc2N)cc1. The van der Waals surface area contributed by atoms with Crippen molar-refractivity contribution < 1.29 is 9.53 Å². The van der Waals surface area contributed by atoms with Gasteiger partial charge in [-0.2, -0.15) is 0 Å². The van der Waals surface area contributed by atoms with Crippen LogP contribution in [0.3, 0.4) is 0 Å². The normalized spacial score (nSPS) is 10.0. The summed E-state index contributed by atoms with van der Waals surface area (Å²) in [6.07, 6.45) is 0. The molecular weight excluding hydrogens is 264 g/mol. The number of halogens is 1. The van der Waals surface area contributed by atoms with E-state index in [4.69, 9.17) is 22.1 Å². The van der Waals surface area contributed by atoms with E-state index in [0.29, 0.717) is 22.0 Å². The first-order valence-corrected chi connectivity index (χ1v) is 5.98. The molecule has 0 heterocycles. The molecule has 1 amide bonds. The molecule has 98 valence electrons. The number of benzene rings is 2. The molecule has 0 aliphatic carbocycles. The van der Waals surface area contributed by atoms with Crippen molar-refractivity contribution in [2.45, 2.75) is 0 Å². The van der Waals surface area contributed by atoms with Crippen molar-refractivity contribution in [2.75, 3.05) is 18.2 Å². The summed E-state index contributed by atoms with van der Waals surface area (Å²) in [5.74, 6) is 0.448. The van der Waals surface area contributed by atoms with Gasteiger partial charge in [-0.05, 0) is 42.5 Å². The van der Waals surface area contributed by atoms with Gasteiger partial charge in [0.25, 0.3) is 5.91 Å². The highest BCUT2D eigenvalue weighted by Crippen LogP contribution is 2.20. The Balaban J connectivity index is 2.15. The fourth-order valence-corrected chi connectivity index (χ4v) is 1.79. The van der Waals surface area contributed by atoms with Crippen molar-refractivity contribution in [2.24, 2.45) is 0 Å². The molecule has 3 N–H and O–H groups in total. The zero-order chi connectivity index (χ0) is 13.8. The number of nitrogens with one attached hydrogen (secondary N) is 1. The zero-order valence-corrected chi connectivity index (χ0v) is 11.1. The van der Waals surface area contributed by atoms with Gasteiger partial charge >= 0.3 is 0 Å². The summed E-state index contributed by atoms with van der Waals surface area (Å²) < 4.78 is 5.04. The van der Waals surface area contributed by atoms with Crippen molar-refractivity contribution >= 4 is 28.9 Å². The van der Waals surface area contributed by atoms with Crippen LogP contribution in [0, 0.1) is 0 Å². The number of carbonyl (C=O) groups excluding carboxylic acids is 1. The molecule has 0 aliphatic rings. The molecule has 0 unspecified atom stereocenters. The molecule has 0 saturated carbocycles. The van der Waals surface area contributed by atoms with Crippen molar-refractivity contribution in [1.82, 2.24) is 0 Å². The highest BCUT2D eigenvalue weighted by molar-refractivity contribution is 6.31. The molecule has 4 nitrogen and oxygen atoms in total. The van der Waals surface area contributed by atoms with Gasteiger partial charge < -0.3 is 15.8 Å². The molecule has 0 bridgehead atoms. The monoisotopic (exact) mass is 276 g/mol. The zero-order valence-electron chi connectivity index (χ0n) is 10.3. The molecule has 0 saturated heterocycles. The van der Waals surface area contributed by atoms with E-state index in [1.807, 2.05) is 0 Å². The Labute approximate surface area is 116 Å². The molecule has 0 atom stereocenters. The van der Waals surface area contributed by atoms with Crippen LogP contribution >= 0.6 is 11.6 Å². The van der Waals surface area contributed by atoms with Gasteiger partial charge in [-0.1, -0.05) is 11.6 Å². The highest BCUT2D eigenvalue weighted by atomic mass is 35.5. The second-order valence-electron chi connectivity index (χ2n) is 3.91. The summed E-state index contributed by atoms with van der Waals surface area (Å²) in [4.78, 5) is 12.0. The lowest BCUT2D eigenvalue weighted by atomic mass is 10.1. The number of nitrogen functional groups attached to an aromatic ring is 1. The van der Waals surface area contributed by atoms with E-state index in [0.717, 1.165) is 5.75 Å². The Morgan fingerprint density at radius 1 is 1.21 bits per heavy atom. The van der Waals surface area contributed by atoms with Gasteiger partial charge in [-0.15, -0.1) is 0 Å². The fraction of sp³-hybridized carbons (Fsp3) is 0.0714. The number of rotatable bonds is 3. The molecule has 0 aromatic heterocycles. The van der Waals surface area contributed by atoms with Crippen LogP contribution in [-0.4, -0.2) is 13.0 Å². The highest BCUT2D eigenvalue weighted by Gasteiger charge is 2.10. The largest absolute Gasteiger partial charge is 0.497 e. The standard InChI is InChI=1S/C14H13ClN2O2/c1-19-11-5-3-10(4-6-11)17-14(18)12-7-2-9(15)8-13(12)16/h2-8H,16H2,1H3,(H,17,18). The lowest BCUT2D eigenvalue weighted by Crippen LogP contribution is -2.13. The van der Waals surface area contributed by atoms with Gasteiger partial charge in [0.05, 0.1) is 12.7 Å². The van der Waals surface area contributed by atoms with Crippen LogP contribution in [0.4, 0.5) is 11.4 Å². The maximum Gasteiger partial charge on any atom is 0.257 e. The van der Waals surface area contributed by atoms with Crippen LogP contribution in [0.2, 0.25) is 5.02 Å². The van der Waals surface area contributed by atoms with Crippen LogP contribution in [0.1, 0.15) is 10.4 Å². The van der Waals surface area contributed by atoms with Gasteiger partial charge in [0, 0.05) is 16.4 Å². The first kappa shape index (κ1) is 13.2. The van der Waals surface area contributed by atoms with Crippen LogP contribution in [-0.2, 0) is 0 Å². The van der Waals surface area contributed by atoms with E-state index in [-0.39, 0.29) is 5.91 Å². The van der Waals surface area contributed by atoms with E-state index in [2.05, 4.69) is 5.32 Å². The first-order chi connectivity index (χ1) is 9.10. The molecular formula is C14H13ClN2O2. The van der Waals surface area contributed by atoms with E-state index in [1.165, 1.54) is 0 Å². The maximum absolute atomic E-state index is 12.0. The van der Waals surface area contributed by atoms with E-state index >= 15 is 0 Å². The second-order valence-corrected chi connectivity index (χ2v) is 4.35. The number of amides is 1. The molecule has 5 heteroatoms. The summed E-state index contributed by atoms with van der Waals surface area (Å²) in [7, 11) is 1.59. The maximum atomic E-state index is 12.0. The molecule has 2 rings (SSSR count). The predicted molar refractivity (Wildman–Crippen MR) is 76.8 cm³/mol. The van der Waals surface area contributed by atoms with Gasteiger partial charge in [0.2, 0.25) is 0 Å². The molecule has 0 fully saturated rings. The number of hydrogen-bond donors (Lipinski definition) is 2. The molecule has 2 aromatic rings. The average Bonchev–Trinajstić information content (AvgIpc) is 2.39. The molecule has 0 aliphatic heterocycles. The van der Waals surface area contributed by atoms with E-state index in [1.54, 1.807) is 49.6 Å². The van der Waals surface area contributed by atoms with Crippen molar-refractivity contribution in [3.05, 3.63) is 53.1 Å². The number of methoxy groups -OCH3 is 1. The quantitative estimate of drug-likeness (QED) is 0.846. The van der Waals surface area contributed by atoms with Crippen molar-refractivity contribution in [3.8, 4) is 5.75 Å². The lowest BCUT2D eigenvalue weighted by Gasteiger charge is -2.08. The van der Waals surface area contributed by atoms with Gasteiger partial charge in [0.1, 0.15) is 5.75 Å². The van der Waals surface area contributed by atoms with E-state index in [9.17, 15) is 4.79 Å². The summed E-state index contributed by atoms with van der Waals surface area (Å²) in [5.41, 5.74) is 7.16. The third-order valence-electron chi connectivity index (χ3n) is 2.61. The topological polar surface area (TPSA) is 64.3 Å². The lowest BCUT2D eigenvalue weighted by molar-refractivity contribution is 0.102. The number of anilines is 2. The summed E-state index contributed by atoms with van der Waals surface area (Å²) >= 11 is 5.79. The molecule has 2 aromatic carbocycles. The molecule has 0 spiro atoms. The Morgan fingerprint density at radius 3 is 2.47 bits per heavy atom. The van der Waals surface area contributed by atoms with Crippen LogP contribution < -0.4 is 15.8 Å². The minimum absolute atomic E-state index is 0.278. The predicted octanol–water partition coefficient (Wildman–Crippen LogP) is 3.18. The van der Waals surface area contributed by atoms with E-state index < -0.39 is 0 Å². The van der Waals surface area contributed by atoms with Crippen LogP contribution in [0.5, 0.6) is 5.75 Å². The number of carbonyl (C=O) groups is 1. The smallest absolute Gasteiger partial charge is 0.257 e. The van der Waals surface area contributed by atoms with Crippen molar-refractivity contribution in [1.29, 1.82) is 0 Å². The average molecular weight is 277 g/mol. The first-order valence-electron chi connectivity index (χ1n) is 5.60. The number of hydrogen-bond acceptors (Lipinski definition) is 3.